The number of amides is 1. The van der Waals surface area contributed by atoms with Gasteiger partial charge in [-0.3, -0.25) is 4.79 Å². The number of hydrogen-bond acceptors (Lipinski definition) is 3. The van der Waals surface area contributed by atoms with Crippen molar-refractivity contribution in [3.8, 4) is 0 Å². The summed E-state index contributed by atoms with van der Waals surface area (Å²) in [6.07, 6.45) is -2.64. The summed E-state index contributed by atoms with van der Waals surface area (Å²) in [6, 6.07) is 3.60. The maximum absolute atomic E-state index is 12.8. The molecule has 1 heterocycles. The molecule has 1 aliphatic heterocycles. The van der Waals surface area contributed by atoms with E-state index in [1.807, 2.05) is 0 Å². The summed E-state index contributed by atoms with van der Waals surface area (Å²) in [6.45, 7) is 1.03. The maximum atomic E-state index is 12.8. The molecule has 0 radical (unpaired) electrons. The summed E-state index contributed by atoms with van der Waals surface area (Å²) in [7, 11) is 1.60. The largest absolute Gasteiger partial charge is 0.416 e. The van der Waals surface area contributed by atoms with Gasteiger partial charge < -0.3 is 9.64 Å². The molecule has 0 bridgehead atoms. The monoisotopic (exact) mass is 333 g/mol. The summed E-state index contributed by atoms with van der Waals surface area (Å²) < 4.78 is 43.5. The van der Waals surface area contributed by atoms with Crippen LogP contribution in [0.4, 0.5) is 18.9 Å². The van der Waals surface area contributed by atoms with Gasteiger partial charge in [-0.05, 0) is 31.0 Å². The second-order valence-corrected chi connectivity index (χ2v) is 6.16. The first-order valence-corrected chi connectivity index (χ1v) is 8.05. The highest BCUT2D eigenvalue weighted by atomic mass is 32.2. The molecule has 0 atom stereocenters. The SMILES string of the molecule is COCCCCC(=O)N1CCSc2ccc(C(F)(F)F)cc21. The summed E-state index contributed by atoms with van der Waals surface area (Å²) in [5, 5.41) is 0. The highest BCUT2D eigenvalue weighted by Gasteiger charge is 2.33. The van der Waals surface area contributed by atoms with Gasteiger partial charge >= 0.3 is 6.18 Å². The molecule has 2 rings (SSSR count). The number of carbonyl (C=O) groups is 1. The van der Waals surface area contributed by atoms with E-state index in [9.17, 15) is 18.0 Å². The lowest BCUT2D eigenvalue weighted by atomic mass is 10.1. The van der Waals surface area contributed by atoms with Crippen LogP contribution < -0.4 is 4.90 Å². The zero-order valence-corrected chi connectivity index (χ0v) is 13.1. The van der Waals surface area contributed by atoms with E-state index >= 15 is 0 Å². The molecule has 1 aromatic carbocycles. The summed E-state index contributed by atoms with van der Waals surface area (Å²) >= 11 is 1.48. The zero-order valence-electron chi connectivity index (χ0n) is 12.3. The molecule has 0 unspecified atom stereocenters. The Balaban J connectivity index is 2.14. The number of hydrogen-bond donors (Lipinski definition) is 0. The second kappa shape index (κ2) is 7.37. The molecule has 3 nitrogen and oxygen atoms in total. The fraction of sp³-hybridized carbons (Fsp3) is 0.533. The Hall–Kier alpha value is -1.21. The molecule has 22 heavy (non-hydrogen) atoms. The molecule has 0 saturated carbocycles. The van der Waals surface area contributed by atoms with Crippen molar-refractivity contribution in [2.24, 2.45) is 0 Å². The minimum Gasteiger partial charge on any atom is -0.385 e. The zero-order chi connectivity index (χ0) is 16.2. The van der Waals surface area contributed by atoms with Crippen LogP contribution in [-0.4, -0.2) is 31.9 Å². The van der Waals surface area contributed by atoms with Crippen molar-refractivity contribution < 1.29 is 22.7 Å². The van der Waals surface area contributed by atoms with Crippen LogP contribution in [-0.2, 0) is 15.7 Å². The van der Waals surface area contributed by atoms with E-state index in [0.29, 0.717) is 37.4 Å². The smallest absolute Gasteiger partial charge is 0.385 e. The third-order valence-electron chi connectivity index (χ3n) is 3.44. The minimum atomic E-state index is -4.40. The number of anilines is 1. The van der Waals surface area contributed by atoms with Crippen LogP contribution in [0.15, 0.2) is 23.1 Å². The first-order valence-electron chi connectivity index (χ1n) is 7.07. The van der Waals surface area contributed by atoms with Crippen LogP contribution in [0.2, 0.25) is 0 Å². The molecule has 122 valence electrons. The predicted molar refractivity (Wildman–Crippen MR) is 80.2 cm³/mol. The average Bonchev–Trinajstić information content (AvgIpc) is 2.49. The quantitative estimate of drug-likeness (QED) is 0.764. The van der Waals surface area contributed by atoms with Gasteiger partial charge in [-0.2, -0.15) is 13.2 Å². The molecule has 0 aliphatic carbocycles. The fourth-order valence-electron chi connectivity index (χ4n) is 2.31. The highest BCUT2D eigenvalue weighted by molar-refractivity contribution is 7.99. The van der Waals surface area contributed by atoms with Crippen molar-refractivity contribution in [3.05, 3.63) is 23.8 Å². The van der Waals surface area contributed by atoms with Crippen LogP contribution in [0.3, 0.4) is 0 Å². The number of nitrogens with zero attached hydrogens (tertiary/aromatic N) is 1. The number of benzene rings is 1. The Morgan fingerprint density at radius 1 is 1.36 bits per heavy atom. The lowest BCUT2D eigenvalue weighted by Crippen LogP contribution is -2.35. The fourth-order valence-corrected chi connectivity index (χ4v) is 3.29. The van der Waals surface area contributed by atoms with E-state index in [0.717, 1.165) is 23.4 Å². The van der Waals surface area contributed by atoms with Gasteiger partial charge in [0.25, 0.3) is 0 Å². The van der Waals surface area contributed by atoms with Crippen molar-refractivity contribution in [3.63, 3.8) is 0 Å². The van der Waals surface area contributed by atoms with Gasteiger partial charge in [0.2, 0.25) is 5.91 Å². The van der Waals surface area contributed by atoms with Crippen LogP contribution in [0.1, 0.15) is 24.8 Å². The van der Waals surface area contributed by atoms with E-state index in [1.165, 1.54) is 22.7 Å². The number of rotatable bonds is 5. The molecule has 0 fully saturated rings. The summed E-state index contributed by atoms with van der Waals surface area (Å²) in [4.78, 5) is 14.5. The highest BCUT2D eigenvalue weighted by Crippen LogP contribution is 2.39. The predicted octanol–water partition coefficient (Wildman–Crippen LogP) is 3.96. The first kappa shape index (κ1) is 17.1. The van der Waals surface area contributed by atoms with Crippen molar-refractivity contribution in [1.82, 2.24) is 0 Å². The van der Waals surface area contributed by atoms with Gasteiger partial charge in [-0.25, -0.2) is 0 Å². The van der Waals surface area contributed by atoms with E-state index in [1.54, 1.807) is 7.11 Å². The van der Waals surface area contributed by atoms with Crippen molar-refractivity contribution in [2.75, 3.05) is 30.9 Å². The normalized spacial score (nSPS) is 14.8. The first-order chi connectivity index (χ1) is 10.4. The maximum Gasteiger partial charge on any atom is 0.416 e. The Morgan fingerprint density at radius 2 is 2.14 bits per heavy atom. The third kappa shape index (κ3) is 4.16. The molecule has 7 heteroatoms. The number of alkyl halides is 3. The molecule has 0 saturated heterocycles. The molecular formula is C15H18F3NO2S. The van der Waals surface area contributed by atoms with Gasteiger partial charge in [0.1, 0.15) is 0 Å². The Bertz CT molecular complexity index is 534. The molecule has 0 spiro atoms. The Kier molecular flexibility index (Phi) is 5.74. The van der Waals surface area contributed by atoms with Gasteiger partial charge in [-0.1, -0.05) is 0 Å². The van der Waals surface area contributed by atoms with Gasteiger partial charge in [0.15, 0.2) is 0 Å². The van der Waals surface area contributed by atoms with Crippen LogP contribution in [0.5, 0.6) is 0 Å². The molecule has 0 aromatic heterocycles. The Labute approximate surface area is 131 Å². The number of halogens is 3. The van der Waals surface area contributed by atoms with Crippen molar-refractivity contribution in [2.45, 2.75) is 30.3 Å². The van der Waals surface area contributed by atoms with Gasteiger partial charge in [0.05, 0.1) is 11.3 Å². The van der Waals surface area contributed by atoms with Crippen LogP contribution in [0, 0.1) is 0 Å². The topological polar surface area (TPSA) is 29.5 Å². The number of carbonyl (C=O) groups excluding carboxylic acids is 1. The molecule has 1 aliphatic rings. The number of fused-ring (bicyclic) bond motifs is 1. The molecular weight excluding hydrogens is 315 g/mol. The van der Waals surface area contributed by atoms with Gasteiger partial charge in [0, 0.05) is 37.3 Å². The lowest BCUT2D eigenvalue weighted by molar-refractivity contribution is -0.137. The summed E-state index contributed by atoms with van der Waals surface area (Å²) in [5.74, 6) is 0.569. The number of ether oxygens (including phenoxy) is 1. The van der Waals surface area contributed by atoms with Crippen LogP contribution in [0.25, 0.3) is 0 Å². The molecule has 1 aromatic rings. The van der Waals surface area contributed by atoms with E-state index in [-0.39, 0.29) is 5.91 Å². The van der Waals surface area contributed by atoms with Crippen molar-refractivity contribution in [1.29, 1.82) is 0 Å². The lowest BCUT2D eigenvalue weighted by Gasteiger charge is -2.30. The van der Waals surface area contributed by atoms with Gasteiger partial charge in [-0.15, -0.1) is 11.8 Å². The molecule has 0 N–H and O–H groups in total. The average molecular weight is 333 g/mol. The van der Waals surface area contributed by atoms with E-state index < -0.39 is 11.7 Å². The number of methoxy groups -OCH3 is 1. The Morgan fingerprint density at radius 3 is 2.82 bits per heavy atom. The number of unbranched alkanes of at least 4 members (excludes halogenated alkanes) is 1. The van der Waals surface area contributed by atoms with Crippen molar-refractivity contribution >= 4 is 23.4 Å². The standard InChI is InChI=1S/C15H18F3NO2S/c1-21-8-3-2-4-14(20)19-7-9-22-13-6-5-11(10-12(13)19)15(16,17)18/h5-6,10H,2-4,7-9H2,1H3. The number of thioether (sulfide) groups is 1. The minimum absolute atomic E-state index is 0.128. The van der Waals surface area contributed by atoms with E-state index in [4.69, 9.17) is 4.74 Å². The summed E-state index contributed by atoms with van der Waals surface area (Å²) in [5.41, 5.74) is -0.339. The second-order valence-electron chi connectivity index (χ2n) is 5.02. The van der Waals surface area contributed by atoms with Crippen LogP contribution >= 0.6 is 11.8 Å². The third-order valence-corrected chi connectivity index (χ3v) is 4.48. The van der Waals surface area contributed by atoms with E-state index in [2.05, 4.69) is 0 Å². The molecule has 1 amide bonds.